The Morgan fingerprint density at radius 2 is 0.795 bits per heavy atom. The summed E-state index contributed by atoms with van der Waals surface area (Å²) in [5, 5.41) is 11.9. The monoisotopic (exact) mass is 1970 g/mol. The molecule has 2 N–H and O–H groups in total. The van der Waals surface area contributed by atoms with E-state index < -0.39 is 126 Å². The molecule has 0 fully saturated rings. The summed E-state index contributed by atoms with van der Waals surface area (Å²) < 4.78 is 153. The van der Waals surface area contributed by atoms with E-state index in [-0.39, 0.29) is 104 Å². The number of esters is 3. The van der Waals surface area contributed by atoms with Gasteiger partial charge in [0.2, 0.25) is 5.91 Å². The molecule has 0 aliphatic heterocycles. The van der Waals surface area contributed by atoms with Gasteiger partial charge >= 0.3 is 152 Å². The first-order valence-electron chi connectivity index (χ1n) is 42.9. The molecule has 25 nitrogen and oxygen atoms in total. The molecule has 2 rings (SSSR count). The van der Waals surface area contributed by atoms with Gasteiger partial charge in [-0.15, -0.1) is 0 Å². The zero-order chi connectivity index (χ0) is 95.2. The predicted molar refractivity (Wildman–Crippen MR) is 508 cm³/mol. The number of nitrogens with zero attached hydrogens (tertiary/aromatic N) is 1. The summed E-state index contributed by atoms with van der Waals surface area (Å²) in [6, 6.07) is 13.0. The Morgan fingerprint density at radius 3 is 1.15 bits per heavy atom. The molecule has 0 aliphatic rings. The van der Waals surface area contributed by atoms with Gasteiger partial charge in [-0.25, -0.2) is 8.42 Å². The third kappa shape index (κ3) is 60.0. The molecular weight excluding hydrogens is 1810 g/mol. The van der Waals surface area contributed by atoms with Gasteiger partial charge in [-0.1, -0.05) is 132 Å². The number of nitrogens with one attached hydrogen (secondary N) is 1. The van der Waals surface area contributed by atoms with Crippen LogP contribution in [0.2, 0.25) is 157 Å². The van der Waals surface area contributed by atoms with E-state index in [1.807, 2.05) is 90.0 Å². The van der Waals surface area contributed by atoms with Crippen molar-refractivity contribution in [2.75, 3.05) is 52.1 Å². The molecule has 41 heteroatoms. The molecule has 0 aliphatic carbocycles. The van der Waals surface area contributed by atoms with Gasteiger partial charge in [-0.3, -0.25) is 19.2 Å². The van der Waals surface area contributed by atoms with Crippen LogP contribution >= 0.6 is 0 Å². The first-order valence-corrected chi connectivity index (χ1v) is 76.3. The van der Waals surface area contributed by atoms with E-state index in [0.29, 0.717) is 45.3 Å². The number of carbonyl (C=O) groups excluding carboxylic acids is 5. The number of carbonyl (C=O) groups is 5. The zero-order valence-corrected chi connectivity index (χ0v) is 97.8. The number of aromatic hydroxyl groups is 1. The molecule has 2 atom stereocenters. The number of unbranched alkanes of at least 4 members (excludes halogenated alkanes) is 6. The average Bonchev–Trinajstić information content (AvgIpc) is 0.821. The molecule has 2 aromatic carbocycles. The van der Waals surface area contributed by atoms with Gasteiger partial charge < -0.3 is 84.8 Å². The molecule has 2 unspecified atom stereocenters. The van der Waals surface area contributed by atoms with E-state index in [2.05, 4.69) is 168 Å². The Kier molecular flexibility index (Phi) is 59.1. The van der Waals surface area contributed by atoms with Crippen LogP contribution in [0.25, 0.3) is 4.72 Å². The van der Waals surface area contributed by atoms with Crippen molar-refractivity contribution < 1.29 is 167 Å². The molecule has 0 saturated carbocycles. The number of anilines is 1. The van der Waals surface area contributed by atoms with Crippen molar-refractivity contribution in [3.05, 3.63) is 64.4 Å². The summed E-state index contributed by atoms with van der Waals surface area (Å²) in [7, 11) is -31.8. The second-order valence-electron chi connectivity index (χ2n) is 38.0. The minimum Gasteiger partial charge on any atom is -0.534 e. The van der Waals surface area contributed by atoms with Crippen molar-refractivity contribution in [2.24, 2.45) is 22.2 Å². The summed E-state index contributed by atoms with van der Waals surface area (Å²) in [5.74, 6) is -1.29. The van der Waals surface area contributed by atoms with Crippen LogP contribution in [0.3, 0.4) is 0 Å². The predicted octanol–water partition coefficient (Wildman–Crippen LogP) is 20.2. The van der Waals surface area contributed by atoms with Crippen LogP contribution in [-0.2, 0) is 94.0 Å². The van der Waals surface area contributed by atoms with E-state index in [9.17, 15) is 45.6 Å². The Labute approximate surface area is 791 Å². The second-order valence-corrected chi connectivity index (χ2v) is 81.2. The number of hydrogen-bond donors (Lipinski definition) is 2. The maximum atomic E-state index is 12.4. The Morgan fingerprint density at radius 1 is 0.443 bits per heavy atom. The maximum absolute atomic E-state index is 12.4. The van der Waals surface area contributed by atoms with Crippen LogP contribution in [0.15, 0.2) is 48.5 Å². The quantitative estimate of drug-likeness (QED) is 0.0204. The van der Waals surface area contributed by atoms with E-state index in [1.54, 1.807) is 43.5 Å². The van der Waals surface area contributed by atoms with Gasteiger partial charge in [0.1, 0.15) is 12.4 Å². The number of phenols is 1. The fraction of sp³-hybridized carbons (Fsp3) is 0.790. The SMILES string of the molecule is CCC(C)(C)C(=O)Nc1ccc(O)cc1.CCC(C)(C)C(=O)OCCC[Si](C)(C)O[Si](C)(C)O[Si](C)(C)O[Si](C)(C)O[Si](C)(C)O[Si](C)(C)O[Si](C)(C)O[Si](C)(C)O[Si](C)(C)O[Si](C)(C)O[Si](C)(C)C.CCC(C)(C)C(=O)OCCOCCOC.CCC(C)c1ccc(C(=O)[N-]S(=O)(=O)C(F)(F)F)cc1.CCCCCCCCCOC(=O)C(C)CC.[K+]. The zero-order valence-electron chi connectivity index (χ0n) is 82.8. The number of phenolic OH excluding ortho intramolecular Hbond substituents is 1. The van der Waals surface area contributed by atoms with Gasteiger partial charge in [0.15, 0.2) is 26.7 Å². The smallest absolute Gasteiger partial charge is 0.534 e. The average molecular weight is 1970 g/mol. The normalized spacial score (nSPS) is 13.6. The fourth-order valence-electron chi connectivity index (χ4n) is 12.1. The Balaban J connectivity index is -0.000000835. The van der Waals surface area contributed by atoms with E-state index >= 15 is 0 Å². The van der Waals surface area contributed by atoms with Crippen LogP contribution < -0.4 is 56.7 Å². The first kappa shape index (κ1) is 127. The minimum atomic E-state index is -5.80. The summed E-state index contributed by atoms with van der Waals surface area (Å²) in [6.45, 7) is 78.6. The van der Waals surface area contributed by atoms with Crippen LogP contribution in [0.4, 0.5) is 18.9 Å². The molecule has 0 spiro atoms. The largest absolute Gasteiger partial charge is 1.00 e. The topological polar surface area (TPSA) is 304 Å². The van der Waals surface area contributed by atoms with Crippen LogP contribution in [-0.4, -0.2) is 189 Å². The van der Waals surface area contributed by atoms with Gasteiger partial charge in [-0.05, 0) is 271 Å². The van der Waals surface area contributed by atoms with Crippen molar-refractivity contribution in [2.45, 2.75) is 348 Å². The van der Waals surface area contributed by atoms with Crippen LogP contribution in [0.5, 0.6) is 5.75 Å². The van der Waals surface area contributed by atoms with E-state index in [0.717, 1.165) is 56.6 Å². The number of benzene rings is 2. The second kappa shape index (κ2) is 56.7. The maximum Gasteiger partial charge on any atom is 1.00 e. The summed E-state index contributed by atoms with van der Waals surface area (Å²) in [4.78, 5) is 58.4. The molecule has 0 radical (unpaired) electrons. The van der Waals surface area contributed by atoms with Gasteiger partial charge in [0, 0.05) is 18.2 Å². The fourth-order valence-corrected chi connectivity index (χ4v) is 67.9. The molecule has 0 saturated heterocycles. The van der Waals surface area contributed by atoms with Crippen LogP contribution in [0, 0.1) is 22.2 Å². The molecule has 122 heavy (non-hydrogen) atoms. The Bertz CT molecular complexity index is 3450. The number of rotatable bonds is 51. The van der Waals surface area contributed by atoms with Crippen molar-refractivity contribution in [3.63, 3.8) is 0 Å². The Hall–Kier alpha value is -1.13. The third-order valence-electron chi connectivity index (χ3n) is 18.4. The van der Waals surface area contributed by atoms with E-state index in [1.165, 1.54) is 50.7 Å². The van der Waals surface area contributed by atoms with Gasteiger partial charge in [0.05, 0.1) is 55.7 Å². The number of halogens is 3. The van der Waals surface area contributed by atoms with Crippen molar-refractivity contribution in [1.82, 2.24) is 0 Å². The first-order chi connectivity index (χ1) is 54.6. The molecule has 0 aromatic heterocycles. The number of alkyl halides is 3. The molecule has 2 aromatic rings. The number of methoxy groups -OCH3 is 1. The standard InChI is InChI=1S/C32H86O12Si11.C14H28O2.C12H14F3NO3S.C12H17NO2.C11H22O4.K/c1-27-32(2,3)31(33)34-29-28-30-46(7,8)36-48(11,12)38-50(15,16)40-52(19,20)42-54(23,24)44-55(25,26)43-53(21,22)41-51(17,18)39-49(13,14)37-47(9,10)35-45(4,5)6;1-4-6-7-8-9-10-11-12-16-14(15)13(3)5-2;1-3-8(2)9-4-6-10(7-5-9)11(17)16-20(18,19)12(13,14)15;1-4-12(2,3)11(15)13-9-5-7-10(14)8-6-9;1-5-11(2,3)10(12)15-9-8-14-7-6-13-4;/h27-30H2,1-26H3;13H,4-12H2,1-3H3;4-8H,3H2,1-2H3,(H,16,17);5-8,14H,4H2,1-3H3,(H,13,15);5-9H2,1-4H3;/q;;;;;+1/p-1. The van der Waals surface area contributed by atoms with Gasteiger partial charge in [0.25, 0.3) is 0 Å². The molecular formula is C81H166F3KN2O23SSi11. The number of ether oxygens (including phenoxy) is 5. The van der Waals surface area contributed by atoms with Crippen molar-refractivity contribution in [1.29, 1.82) is 0 Å². The molecule has 710 valence electrons. The van der Waals surface area contributed by atoms with Crippen molar-refractivity contribution >= 4 is 139 Å². The number of hydrogen-bond acceptors (Lipinski definition) is 23. The summed E-state index contributed by atoms with van der Waals surface area (Å²) in [5.41, 5.74) is -5.38. The van der Waals surface area contributed by atoms with Gasteiger partial charge in [-0.2, -0.15) is 13.2 Å². The van der Waals surface area contributed by atoms with E-state index in [4.69, 9.17) is 69.9 Å². The van der Waals surface area contributed by atoms with Crippen molar-refractivity contribution in [3.8, 4) is 5.75 Å². The summed E-state index contributed by atoms with van der Waals surface area (Å²) in [6.07, 6.45) is 13.6. The molecule has 2 amide bonds. The number of amides is 2. The number of sulfonamides is 1. The molecule has 0 heterocycles. The summed E-state index contributed by atoms with van der Waals surface area (Å²) >= 11 is 0. The molecule has 0 bridgehead atoms. The van der Waals surface area contributed by atoms with Crippen LogP contribution in [0.1, 0.15) is 202 Å². The minimum absolute atomic E-state index is 0. The third-order valence-corrected chi connectivity index (χ3v) is 61.0.